The smallest absolute Gasteiger partial charge is 0.374 e. The molecule has 1 N–H and O–H groups in total. The molecule has 0 bridgehead atoms. The van der Waals surface area contributed by atoms with Gasteiger partial charge in [0.2, 0.25) is 0 Å². The average Bonchev–Trinajstić information content (AvgIpc) is 2.75. The van der Waals surface area contributed by atoms with Gasteiger partial charge in [-0.05, 0) is 19.4 Å². The third-order valence-corrected chi connectivity index (χ3v) is 4.86. The molecule has 3 fully saturated rings. The van der Waals surface area contributed by atoms with E-state index in [0.29, 0.717) is 25.7 Å². The highest BCUT2D eigenvalue weighted by Gasteiger charge is 2.41. The fourth-order valence-electron chi connectivity index (χ4n) is 3.65. The second-order valence-corrected chi connectivity index (χ2v) is 6.45. The number of alkyl halides is 3. The Hall–Kier alpha value is -0.370. The molecule has 4 nitrogen and oxygen atoms in total. The second kappa shape index (κ2) is 6.40. The van der Waals surface area contributed by atoms with E-state index >= 15 is 0 Å². The summed E-state index contributed by atoms with van der Waals surface area (Å²) in [6, 6.07) is 0.537. The monoisotopic (exact) mass is 307 g/mol. The van der Waals surface area contributed by atoms with Gasteiger partial charge < -0.3 is 10.1 Å². The Kier molecular flexibility index (Phi) is 4.73. The van der Waals surface area contributed by atoms with Crippen LogP contribution in [-0.2, 0) is 4.74 Å². The summed E-state index contributed by atoms with van der Waals surface area (Å²) in [5.74, 6) is -1.27. The zero-order valence-electron chi connectivity index (χ0n) is 12.2. The molecular weight excluding hydrogens is 283 g/mol. The minimum absolute atomic E-state index is 0.0275. The van der Waals surface area contributed by atoms with Gasteiger partial charge in [-0.2, -0.15) is 13.2 Å². The fraction of sp³-hybridized carbons (Fsp3) is 1.00. The molecule has 0 saturated carbocycles. The van der Waals surface area contributed by atoms with Crippen molar-refractivity contribution in [2.45, 2.75) is 31.2 Å². The number of hydrogen-bond donors (Lipinski definition) is 1. The van der Waals surface area contributed by atoms with Crippen LogP contribution in [0.15, 0.2) is 0 Å². The number of rotatable bonds is 2. The van der Waals surface area contributed by atoms with Crippen molar-refractivity contribution in [3.8, 4) is 0 Å². The summed E-state index contributed by atoms with van der Waals surface area (Å²) < 4.78 is 44.7. The van der Waals surface area contributed by atoms with Crippen LogP contribution in [0.5, 0.6) is 0 Å². The summed E-state index contributed by atoms with van der Waals surface area (Å²) >= 11 is 0. The first-order valence-corrected chi connectivity index (χ1v) is 7.88. The summed E-state index contributed by atoms with van der Waals surface area (Å²) in [7, 11) is 0. The van der Waals surface area contributed by atoms with Gasteiger partial charge in [-0.25, -0.2) is 0 Å². The number of nitrogens with one attached hydrogen (secondary N) is 1. The van der Waals surface area contributed by atoms with E-state index in [9.17, 15) is 13.2 Å². The predicted molar refractivity (Wildman–Crippen MR) is 73.2 cm³/mol. The maximum Gasteiger partial charge on any atom is 0.394 e. The first-order valence-electron chi connectivity index (χ1n) is 7.88. The van der Waals surface area contributed by atoms with E-state index in [2.05, 4.69) is 10.2 Å². The largest absolute Gasteiger partial charge is 0.394 e. The quantitative estimate of drug-likeness (QED) is 0.821. The van der Waals surface area contributed by atoms with E-state index < -0.39 is 12.1 Å². The second-order valence-electron chi connectivity index (χ2n) is 6.45. The molecular formula is C14H24F3N3O. The van der Waals surface area contributed by atoms with E-state index in [-0.39, 0.29) is 19.2 Å². The Morgan fingerprint density at radius 1 is 1.19 bits per heavy atom. The highest BCUT2D eigenvalue weighted by Crippen LogP contribution is 2.28. The first-order chi connectivity index (χ1) is 10.0. The summed E-state index contributed by atoms with van der Waals surface area (Å²) in [5.41, 5.74) is 0. The molecule has 3 heterocycles. The Bertz CT molecular complexity index is 353. The van der Waals surface area contributed by atoms with Crippen LogP contribution in [0, 0.1) is 5.92 Å². The number of nitrogens with zero attached hydrogens (tertiary/aromatic N) is 2. The third kappa shape index (κ3) is 3.88. The van der Waals surface area contributed by atoms with Crippen molar-refractivity contribution in [2.75, 3.05) is 52.4 Å². The van der Waals surface area contributed by atoms with Gasteiger partial charge in [0.05, 0.1) is 18.6 Å². The summed E-state index contributed by atoms with van der Waals surface area (Å²) in [6.07, 6.45) is -1.67. The molecule has 122 valence electrons. The zero-order chi connectivity index (χ0) is 14.9. The van der Waals surface area contributed by atoms with Crippen LogP contribution in [0.25, 0.3) is 0 Å². The number of halogens is 3. The molecule has 0 radical (unpaired) electrons. The zero-order valence-corrected chi connectivity index (χ0v) is 12.2. The van der Waals surface area contributed by atoms with Crippen molar-refractivity contribution < 1.29 is 17.9 Å². The van der Waals surface area contributed by atoms with Crippen molar-refractivity contribution in [1.29, 1.82) is 0 Å². The highest BCUT2D eigenvalue weighted by molar-refractivity contribution is 4.87. The molecule has 7 heteroatoms. The van der Waals surface area contributed by atoms with Gasteiger partial charge in [0, 0.05) is 45.3 Å². The maximum absolute atomic E-state index is 12.9. The lowest BCUT2D eigenvalue weighted by molar-refractivity contribution is -0.177. The van der Waals surface area contributed by atoms with Crippen LogP contribution in [0.2, 0.25) is 0 Å². The topological polar surface area (TPSA) is 27.7 Å². The van der Waals surface area contributed by atoms with Crippen LogP contribution in [0.3, 0.4) is 0 Å². The molecule has 3 atom stereocenters. The summed E-state index contributed by atoms with van der Waals surface area (Å²) in [6.45, 7) is 4.71. The minimum atomic E-state index is -4.12. The van der Waals surface area contributed by atoms with Crippen LogP contribution in [-0.4, -0.2) is 80.5 Å². The van der Waals surface area contributed by atoms with Crippen molar-refractivity contribution in [3.63, 3.8) is 0 Å². The molecule has 3 saturated heterocycles. The Labute approximate surface area is 123 Å². The molecule has 0 aromatic rings. The van der Waals surface area contributed by atoms with Gasteiger partial charge in [-0.15, -0.1) is 0 Å². The van der Waals surface area contributed by atoms with E-state index in [0.717, 1.165) is 19.7 Å². The number of hydrogen-bond acceptors (Lipinski definition) is 4. The van der Waals surface area contributed by atoms with Gasteiger partial charge in [-0.3, -0.25) is 9.80 Å². The molecule has 21 heavy (non-hydrogen) atoms. The van der Waals surface area contributed by atoms with Crippen molar-refractivity contribution in [1.82, 2.24) is 15.1 Å². The van der Waals surface area contributed by atoms with E-state index in [4.69, 9.17) is 4.74 Å². The molecule has 0 aliphatic carbocycles. The fourth-order valence-corrected chi connectivity index (χ4v) is 3.65. The van der Waals surface area contributed by atoms with Crippen molar-refractivity contribution in [3.05, 3.63) is 0 Å². The standard InChI is InChI=1S/C14H24F3N3O/c15-14(16,17)11-6-18-3-5-19(7-11)8-13-9-20-4-1-2-12(20)10-21-13/h11-13,18H,1-10H2. The van der Waals surface area contributed by atoms with Gasteiger partial charge >= 0.3 is 6.18 Å². The van der Waals surface area contributed by atoms with Crippen LogP contribution >= 0.6 is 0 Å². The van der Waals surface area contributed by atoms with E-state index in [1.165, 1.54) is 12.8 Å². The molecule has 3 unspecified atom stereocenters. The Morgan fingerprint density at radius 3 is 2.86 bits per heavy atom. The van der Waals surface area contributed by atoms with Crippen LogP contribution in [0.4, 0.5) is 13.2 Å². The minimum Gasteiger partial charge on any atom is -0.374 e. The third-order valence-electron chi connectivity index (χ3n) is 4.86. The SMILES string of the molecule is FC(F)(F)C1CNCCN(CC2CN3CCCC3CO2)C1. The van der Waals surface area contributed by atoms with E-state index in [1.54, 1.807) is 0 Å². The lowest BCUT2D eigenvalue weighted by Gasteiger charge is -2.37. The maximum atomic E-state index is 12.9. The molecule has 3 aliphatic rings. The van der Waals surface area contributed by atoms with Gasteiger partial charge in [-0.1, -0.05) is 0 Å². The Morgan fingerprint density at radius 2 is 2.05 bits per heavy atom. The first kappa shape index (κ1) is 15.5. The molecule has 3 aliphatic heterocycles. The van der Waals surface area contributed by atoms with Gasteiger partial charge in [0.25, 0.3) is 0 Å². The molecule has 3 rings (SSSR count). The van der Waals surface area contributed by atoms with Crippen LogP contribution in [0.1, 0.15) is 12.8 Å². The van der Waals surface area contributed by atoms with Crippen molar-refractivity contribution >= 4 is 0 Å². The van der Waals surface area contributed by atoms with Crippen LogP contribution < -0.4 is 5.32 Å². The van der Waals surface area contributed by atoms with E-state index in [1.807, 2.05) is 4.90 Å². The Balaban J connectivity index is 1.53. The lowest BCUT2D eigenvalue weighted by Crippen LogP contribution is -2.51. The average molecular weight is 307 g/mol. The van der Waals surface area contributed by atoms with Crippen molar-refractivity contribution in [2.24, 2.45) is 5.92 Å². The van der Waals surface area contributed by atoms with Gasteiger partial charge in [0.15, 0.2) is 0 Å². The molecule has 0 aromatic heterocycles. The summed E-state index contributed by atoms with van der Waals surface area (Å²) in [5, 5.41) is 2.90. The summed E-state index contributed by atoms with van der Waals surface area (Å²) in [4.78, 5) is 4.35. The van der Waals surface area contributed by atoms with Gasteiger partial charge in [0.1, 0.15) is 0 Å². The molecule has 0 amide bonds. The number of morpholine rings is 1. The normalized spacial score (nSPS) is 36.4. The predicted octanol–water partition coefficient (Wildman–Crippen LogP) is 0.933. The number of fused-ring (bicyclic) bond motifs is 1. The molecule has 0 aromatic carbocycles. The highest BCUT2D eigenvalue weighted by atomic mass is 19.4. The lowest BCUT2D eigenvalue weighted by atomic mass is 10.1. The number of ether oxygens (including phenoxy) is 1. The molecule has 0 spiro atoms.